The van der Waals surface area contributed by atoms with Crippen molar-refractivity contribution in [2.24, 2.45) is 7.05 Å². The molecule has 0 radical (unpaired) electrons. The molecule has 26 heavy (non-hydrogen) atoms. The first-order chi connectivity index (χ1) is 12.6. The number of likely N-dealkylation sites (tertiary alicyclic amines) is 1. The van der Waals surface area contributed by atoms with E-state index in [2.05, 4.69) is 10.1 Å². The van der Waals surface area contributed by atoms with Crippen molar-refractivity contribution in [2.75, 3.05) is 6.54 Å². The number of carbonyl (C=O) groups is 1. The van der Waals surface area contributed by atoms with E-state index < -0.39 is 0 Å². The zero-order valence-corrected chi connectivity index (χ0v) is 15.2. The number of amides is 1. The first-order valence-corrected chi connectivity index (χ1v) is 8.97. The third-order valence-electron chi connectivity index (χ3n) is 4.68. The number of benzene rings is 1. The summed E-state index contributed by atoms with van der Waals surface area (Å²) < 4.78 is 7.56. The third kappa shape index (κ3) is 3.24. The van der Waals surface area contributed by atoms with Gasteiger partial charge in [-0.1, -0.05) is 23.7 Å². The van der Waals surface area contributed by atoms with Crippen LogP contribution in [0.4, 0.5) is 0 Å². The zero-order chi connectivity index (χ0) is 18.1. The predicted molar refractivity (Wildman–Crippen MR) is 97.0 cm³/mol. The molecule has 1 aliphatic rings. The lowest BCUT2D eigenvalue weighted by molar-refractivity contribution is 0.0703. The van der Waals surface area contributed by atoms with Gasteiger partial charge in [-0.05, 0) is 36.6 Å². The van der Waals surface area contributed by atoms with E-state index in [1.807, 2.05) is 29.2 Å². The molecule has 0 spiro atoms. The van der Waals surface area contributed by atoms with E-state index in [-0.39, 0.29) is 11.9 Å². The van der Waals surface area contributed by atoms with Crippen molar-refractivity contribution in [3.05, 3.63) is 70.7 Å². The molecule has 1 atom stereocenters. The van der Waals surface area contributed by atoms with Crippen LogP contribution in [0.1, 0.15) is 46.6 Å². The number of carbonyl (C=O) groups excluding carboxylic acids is 1. The number of aryl methyl sites for hydroxylation is 1. The quantitative estimate of drug-likeness (QED) is 0.703. The number of halogens is 1. The molecule has 3 aromatic rings. The summed E-state index contributed by atoms with van der Waals surface area (Å²) in [5, 5.41) is 4.78. The van der Waals surface area contributed by atoms with Crippen LogP contribution in [0.2, 0.25) is 5.02 Å². The van der Waals surface area contributed by atoms with Gasteiger partial charge in [0, 0.05) is 31.2 Å². The molecule has 0 N–H and O–H groups in total. The van der Waals surface area contributed by atoms with Gasteiger partial charge >= 0.3 is 0 Å². The average molecular weight is 371 g/mol. The molecule has 6 nitrogen and oxygen atoms in total. The van der Waals surface area contributed by atoms with Crippen LogP contribution in [0.5, 0.6) is 0 Å². The lowest BCUT2D eigenvalue weighted by Gasteiger charge is -2.22. The first-order valence-electron chi connectivity index (χ1n) is 8.60. The Labute approximate surface area is 156 Å². The Kier molecular flexibility index (Phi) is 4.51. The minimum atomic E-state index is -0.134. The van der Waals surface area contributed by atoms with E-state index in [0.29, 0.717) is 29.6 Å². The molecular formula is C19H19ClN4O2. The lowest BCUT2D eigenvalue weighted by atomic mass is 10.1. The SMILES string of the molecule is Cn1nccc1C(=O)N1CCCC1c1ncc(Cc2cccc(Cl)c2)o1. The van der Waals surface area contributed by atoms with Gasteiger partial charge in [0.1, 0.15) is 17.5 Å². The van der Waals surface area contributed by atoms with Crippen molar-refractivity contribution in [3.8, 4) is 0 Å². The van der Waals surface area contributed by atoms with Gasteiger partial charge in [0.25, 0.3) is 5.91 Å². The van der Waals surface area contributed by atoms with Gasteiger partial charge < -0.3 is 9.32 Å². The molecule has 0 aliphatic carbocycles. The van der Waals surface area contributed by atoms with E-state index in [1.165, 1.54) is 0 Å². The summed E-state index contributed by atoms with van der Waals surface area (Å²) in [7, 11) is 1.77. The van der Waals surface area contributed by atoms with Crippen LogP contribution >= 0.6 is 11.6 Å². The fourth-order valence-electron chi connectivity index (χ4n) is 3.40. The number of hydrogen-bond acceptors (Lipinski definition) is 4. The second-order valence-electron chi connectivity index (χ2n) is 6.47. The highest BCUT2D eigenvalue weighted by atomic mass is 35.5. The van der Waals surface area contributed by atoms with Crippen LogP contribution in [-0.2, 0) is 13.5 Å². The second kappa shape index (κ2) is 6.96. The molecule has 0 bridgehead atoms. The van der Waals surface area contributed by atoms with Gasteiger partial charge in [0.2, 0.25) is 5.89 Å². The highest BCUT2D eigenvalue weighted by Crippen LogP contribution is 2.33. The van der Waals surface area contributed by atoms with Gasteiger partial charge in [-0.2, -0.15) is 5.10 Å². The first kappa shape index (κ1) is 16.8. The van der Waals surface area contributed by atoms with Crippen LogP contribution in [0.15, 0.2) is 47.1 Å². The third-order valence-corrected chi connectivity index (χ3v) is 4.91. The highest BCUT2D eigenvalue weighted by Gasteiger charge is 2.34. The maximum absolute atomic E-state index is 12.8. The molecule has 7 heteroatoms. The number of hydrogen-bond donors (Lipinski definition) is 0. The summed E-state index contributed by atoms with van der Waals surface area (Å²) in [5.41, 5.74) is 1.64. The van der Waals surface area contributed by atoms with Crippen LogP contribution < -0.4 is 0 Å². The monoisotopic (exact) mass is 370 g/mol. The molecule has 3 heterocycles. The molecule has 1 aromatic carbocycles. The van der Waals surface area contributed by atoms with Gasteiger partial charge in [0.05, 0.1) is 6.20 Å². The van der Waals surface area contributed by atoms with E-state index in [0.717, 1.165) is 24.2 Å². The number of rotatable bonds is 4. The Morgan fingerprint density at radius 1 is 1.38 bits per heavy atom. The van der Waals surface area contributed by atoms with Crippen molar-refractivity contribution in [1.29, 1.82) is 0 Å². The summed E-state index contributed by atoms with van der Waals surface area (Å²) in [4.78, 5) is 19.1. The van der Waals surface area contributed by atoms with Gasteiger partial charge in [-0.25, -0.2) is 4.98 Å². The van der Waals surface area contributed by atoms with Crippen molar-refractivity contribution < 1.29 is 9.21 Å². The summed E-state index contributed by atoms with van der Waals surface area (Å²) in [6, 6.07) is 9.28. The Morgan fingerprint density at radius 2 is 2.27 bits per heavy atom. The van der Waals surface area contributed by atoms with E-state index in [9.17, 15) is 4.79 Å². The minimum Gasteiger partial charge on any atom is -0.443 e. The smallest absolute Gasteiger partial charge is 0.272 e. The normalized spacial score (nSPS) is 17.0. The molecule has 1 saturated heterocycles. The Balaban J connectivity index is 1.53. The molecule has 1 unspecified atom stereocenters. The predicted octanol–water partition coefficient (Wildman–Crippen LogP) is 3.63. The largest absolute Gasteiger partial charge is 0.443 e. The van der Waals surface area contributed by atoms with Crippen LogP contribution in [0.25, 0.3) is 0 Å². The molecule has 4 rings (SSSR count). The number of aromatic nitrogens is 3. The van der Waals surface area contributed by atoms with Crippen molar-refractivity contribution >= 4 is 17.5 Å². The number of nitrogens with zero attached hydrogens (tertiary/aromatic N) is 4. The Hall–Kier alpha value is -2.60. The summed E-state index contributed by atoms with van der Waals surface area (Å²) in [5.74, 6) is 1.32. The van der Waals surface area contributed by atoms with Gasteiger partial charge in [-0.3, -0.25) is 9.48 Å². The van der Waals surface area contributed by atoms with E-state index in [4.69, 9.17) is 16.0 Å². The van der Waals surface area contributed by atoms with E-state index >= 15 is 0 Å². The fourth-order valence-corrected chi connectivity index (χ4v) is 3.62. The van der Waals surface area contributed by atoms with Crippen LogP contribution in [0.3, 0.4) is 0 Å². The minimum absolute atomic E-state index is 0.0397. The standard InChI is InChI=1S/C19H19ClN4O2/c1-23-17(7-8-22-23)19(25)24-9-3-6-16(24)18-21-12-15(26-18)11-13-4-2-5-14(20)10-13/h2,4-5,7-8,10,12,16H,3,6,9,11H2,1H3. The van der Waals surface area contributed by atoms with Crippen LogP contribution in [-0.4, -0.2) is 32.1 Å². The highest BCUT2D eigenvalue weighted by molar-refractivity contribution is 6.30. The molecule has 1 aliphatic heterocycles. The molecule has 0 saturated carbocycles. The maximum Gasteiger partial charge on any atom is 0.272 e. The second-order valence-corrected chi connectivity index (χ2v) is 6.90. The maximum atomic E-state index is 12.8. The van der Waals surface area contributed by atoms with E-state index in [1.54, 1.807) is 30.2 Å². The Morgan fingerprint density at radius 3 is 3.04 bits per heavy atom. The molecule has 2 aromatic heterocycles. The molecule has 1 fully saturated rings. The van der Waals surface area contributed by atoms with Crippen molar-refractivity contribution in [2.45, 2.75) is 25.3 Å². The number of oxazole rings is 1. The lowest BCUT2D eigenvalue weighted by Crippen LogP contribution is -2.32. The molecule has 134 valence electrons. The van der Waals surface area contributed by atoms with Crippen LogP contribution in [0, 0.1) is 0 Å². The summed E-state index contributed by atoms with van der Waals surface area (Å²) >= 11 is 6.04. The molecule has 1 amide bonds. The van der Waals surface area contributed by atoms with Crippen molar-refractivity contribution in [1.82, 2.24) is 19.7 Å². The summed E-state index contributed by atoms with van der Waals surface area (Å²) in [6.07, 6.45) is 5.77. The Bertz CT molecular complexity index is 933. The van der Waals surface area contributed by atoms with Crippen molar-refractivity contribution in [3.63, 3.8) is 0 Å². The topological polar surface area (TPSA) is 64.2 Å². The molecular weight excluding hydrogens is 352 g/mol. The average Bonchev–Trinajstić information content (AvgIpc) is 3.34. The zero-order valence-electron chi connectivity index (χ0n) is 14.4. The fraction of sp³-hybridized carbons (Fsp3) is 0.316. The summed E-state index contributed by atoms with van der Waals surface area (Å²) in [6.45, 7) is 0.695. The van der Waals surface area contributed by atoms with Gasteiger partial charge in [-0.15, -0.1) is 0 Å². The van der Waals surface area contributed by atoms with Gasteiger partial charge in [0.15, 0.2) is 0 Å².